The quantitative estimate of drug-likeness (QED) is 0.843. The number of benzene rings is 1. The van der Waals surface area contributed by atoms with E-state index in [1.165, 1.54) is 19.1 Å². The topological polar surface area (TPSA) is 68.3 Å². The zero-order valence-electron chi connectivity index (χ0n) is 9.55. The van der Waals surface area contributed by atoms with Crippen molar-refractivity contribution < 1.29 is 21.2 Å². The Morgan fingerprint density at radius 3 is 2.56 bits per heavy atom. The SMILES string of the molecule is CCS(=O)(=O)CC1=Cc2ccc(F)cc2S1(=O)=O. The van der Waals surface area contributed by atoms with Crippen molar-refractivity contribution in [2.75, 3.05) is 11.5 Å². The highest BCUT2D eigenvalue weighted by molar-refractivity contribution is 7.98. The summed E-state index contributed by atoms with van der Waals surface area (Å²) >= 11 is 0. The lowest BCUT2D eigenvalue weighted by Gasteiger charge is -2.03. The first-order valence-corrected chi connectivity index (χ1v) is 8.52. The van der Waals surface area contributed by atoms with Crippen molar-refractivity contribution in [3.05, 3.63) is 34.5 Å². The number of halogens is 1. The first kappa shape index (κ1) is 13.2. The van der Waals surface area contributed by atoms with Gasteiger partial charge in [-0.3, -0.25) is 0 Å². The second kappa shape index (κ2) is 4.17. The highest BCUT2D eigenvalue weighted by Gasteiger charge is 2.32. The fourth-order valence-corrected chi connectivity index (χ4v) is 4.84. The minimum atomic E-state index is -3.87. The van der Waals surface area contributed by atoms with Crippen molar-refractivity contribution in [2.45, 2.75) is 11.8 Å². The van der Waals surface area contributed by atoms with Crippen LogP contribution in [-0.4, -0.2) is 28.3 Å². The van der Waals surface area contributed by atoms with E-state index in [2.05, 4.69) is 0 Å². The van der Waals surface area contributed by atoms with Crippen LogP contribution in [0.5, 0.6) is 0 Å². The van der Waals surface area contributed by atoms with Crippen molar-refractivity contribution in [3.8, 4) is 0 Å². The van der Waals surface area contributed by atoms with Gasteiger partial charge < -0.3 is 0 Å². The van der Waals surface area contributed by atoms with Gasteiger partial charge in [-0.25, -0.2) is 21.2 Å². The highest BCUT2D eigenvalue weighted by atomic mass is 32.2. The van der Waals surface area contributed by atoms with Crippen molar-refractivity contribution in [1.29, 1.82) is 0 Å². The fraction of sp³-hybridized carbons (Fsp3) is 0.273. The van der Waals surface area contributed by atoms with Gasteiger partial charge in [-0.2, -0.15) is 0 Å². The molecule has 98 valence electrons. The average molecular weight is 290 g/mol. The summed E-state index contributed by atoms with van der Waals surface area (Å²) in [5.41, 5.74) is 0.331. The Morgan fingerprint density at radius 1 is 1.28 bits per heavy atom. The van der Waals surface area contributed by atoms with Crippen molar-refractivity contribution >= 4 is 25.8 Å². The van der Waals surface area contributed by atoms with Crippen LogP contribution in [0.4, 0.5) is 4.39 Å². The van der Waals surface area contributed by atoms with Gasteiger partial charge in [-0.05, 0) is 23.8 Å². The van der Waals surface area contributed by atoms with Crippen LogP contribution >= 0.6 is 0 Å². The van der Waals surface area contributed by atoms with E-state index in [9.17, 15) is 21.2 Å². The molecule has 1 aromatic rings. The first-order valence-electron chi connectivity index (χ1n) is 5.22. The number of hydrogen-bond acceptors (Lipinski definition) is 4. The van der Waals surface area contributed by atoms with Crippen LogP contribution in [0, 0.1) is 5.82 Å². The minimum Gasteiger partial charge on any atom is -0.228 e. The fourth-order valence-electron chi connectivity index (χ4n) is 1.69. The van der Waals surface area contributed by atoms with E-state index in [0.717, 1.165) is 12.1 Å². The molecule has 0 saturated heterocycles. The minimum absolute atomic E-state index is 0.134. The van der Waals surface area contributed by atoms with E-state index in [0.29, 0.717) is 5.56 Å². The van der Waals surface area contributed by atoms with E-state index >= 15 is 0 Å². The Morgan fingerprint density at radius 2 is 1.94 bits per heavy atom. The number of sulfone groups is 2. The monoisotopic (exact) mass is 290 g/mol. The summed E-state index contributed by atoms with van der Waals surface area (Å²) in [6.07, 6.45) is 1.29. The van der Waals surface area contributed by atoms with Crippen LogP contribution in [0.25, 0.3) is 6.08 Å². The number of hydrogen-bond donors (Lipinski definition) is 0. The second-order valence-corrected chi connectivity index (χ2v) is 8.30. The van der Waals surface area contributed by atoms with Crippen molar-refractivity contribution in [2.24, 2.45) is 0 Å². The molecule has 1 aromatic carbocycles. The van der Waals surface area contributed by atoms with Gasteiger partial charge >= 0.3 is 0 Å². The number of rotatable bonds is 3. The standard InChI is InChI=1S/C11H11FO4S2/c1-2-17(13,14)7-10-5-8-3-4-9(12)6-11(8)18(10,15)16/h3-6H,2,7H2,1H3. The van der Waals surface area contributed by atoms with E-state index in [1.54, 1.807) is 0 Å². The van der Waals surface area contributed by atoms with Gasteiger partial charge in [0.25, 0.3) is 0 Å². The molecular formula is C11H11FO4S2. The highest BCUT2D eigenvalue weighted by Crippen LogP contribution is 2.33. The molecule has 1 aliphatic heterocycles. The van der Waals surface area contributed by atoms with Crippen LogP contribution in [0.15, 0.2) is 28.0 Å². The first-order chi connectivity index (χ1) is 8.26. The number of fused-ring (bicyclic) bond motifs is 1. The lowest BCUT2D eigenvalue weighted by atomic mass is 10.2. The molecule has 0 amide bonds. The zero-order chi connectivity index (χ0) is 13.6. The Labute approximate surface area is 105 Å². The van der Waals surface area contributed by atoms with E-state index < -0.39 is 31.2 Å². The van der Waals surface area contributed by atoms with Gasteiger partial charge in [-0.1, -0.05) is 13.0 Å². The van der Waals surface area contributed by atoms with E-state index in [1.807, 2.05) is 0 Å². The molecule has 0 N–H and O–H groups in total. The summed E-state index contributed by atoms with van der Waals surface area (Å²) in [6.45, 7) is 1.45. The third kappa shape index (κ3) is 2.20. The molecule has 0 spiro atoms. The Hall–Kier alpha value is -1.21. The third-order valence-corrected chi connectivity index (χ3v) is 6.43. The summed E-state index contributed by atoms with van der Waals surface area (Å²) in [6, 6.07) is 3.38. The Bertz CT molecular complexity index is 730. The maximum Gasteiger partial charge on any atom is 0.204 e. The average Bonchev–Trinajstić information content (AvgIpc) is 2.52. The molecule has 0 bridgehead atoms. The van der Waals surface area contributed by atoms with Gasteiger partial charge in [0.1, 0.15) is 5.82 Å². The molecule has 18 heavy (non-hydrogen) atoms. The summed E-state index contributed by atoms with van der Waals surface area (Å²) in [5.74, 6) is -1.34. The summed E-state index contributed by atoms with van der Waals surface area (Å²) in [4.78, 5) is -0.353. The van der Waals surface area contributed by atoms with Crippen molar-refractivity contribution in [1.82, 2.24) is 0 Å². The van der Waals surface area contributed by atoms with E-state index in [4.69, 9.17) is 0 Å². The maximum atomic E-state index is 13.0. The molecule has 0 aliphatic carbocycles. The molecule has 0 radical (unpaired) electrons. The molecule has 4 nitrogen and oxygen atoms in total. The lowest BCUT2D eigenvalue weighted by molar-refractivity contribution is 0.592. The van der Waals surface area contributed by atoms with Gasteiger partial charge in [-0.15, -0.1) is 0 Å². The van der Waals surface area contributed by atoms with Gasteiger partial charge in [0, 0.05) is 5.75 Å². The van der Waals surface area contributed by atoms with Crippen LogP contribution in [0.3, 0.4) is 0 Å². The second-order valence-electron chi connectivity index (χ2n) is 3.97. The summed E-state index contributed by atoms with van der Waals surface area (Å²) in [7, 11) is -7.31. The Kier molecular flexibility index (Phi) is 3.06. The van der Waals surface area contributed by atoms with E-state index in [-0.39, 0.29) is 15.6 Å². The van der Waals surface area contributed by atoms with Crippen LogP contribution in [0.1, 0.15) is 12.5 Å². The van der Waals surface area contributed by atoms with Gasteiger partial charge in [0.15, 0.2) is 9.84 Å². The molecule has 0 unspecified atom stereocenters. The smallest absolute Gasteiger partial charge is 0.204 e. The lowest BCUT2D eigenvalue weighted by Crippen LogP contribution is -2.14. The normalized spacial score (nSPS) is 17.3. The maximum absolute atomic E-state index is 13.0. The van der Waals surface area contributed by atoms with Crippen LogP contribution < -0.4 is 0 Å². The van der Waals surface area contributed by atoms with Gasteiger partial charge in [0.05, 0.1) is 15.6 Å². The predicted molar refractivity (Wildman–Crippen MR) is 65.9 cm³/mol. The molecule has 0 aromatic heterocycles. The molecule has 1 heterocycles. The largest absolute Gasteiger partial charge is 0.228 e. The molecule has 1 aliphatic rings. The summed E-state index contributed by atoms with van der Waals surface area (Å²) in [5, 5.41) is 0. The van der Waals surface area contributed by atoms with Gasteiger partial charge in [0.2, 0.25) is 9.84 Å². The molecule has 2 rings (SSSR count). The molecule has 0 atom stereocenters. The summed E-state index contributed by atoms with van der Waals surface area (Å²) < 4.78 is 60.1. The molecular weight excluding hydrogens is 279 g/mol. The predicted octanol–water partition coefficient (Wildman–Crippen LogP) is 1.39. The van der Waals surface area contributed by atoms with Crippen LogP contribution in [0.2, 0.25) is 0 Å². The molecule has 0 fully saturated rings. The van der Waals surface area contributed by atoms with Crippen molar-refractivity contribution in [3.63, 3.8) is 0 Å². The molecule has 0 saturated carbocycles. The molecule has 7 heteroatoms. The third-order valence-electron chi connectivity index (χ3n) is 2.73. The Balaban J connectivity index is 2.51. The van der Waals surface area contributed by atoms with Crippen LogP contribution in [-0.2, 0) is 19.7 Å². The zero-order valence-corrected chi connectivity index (χ0v) is 11.2.